The summed E-state index contributed by atoms with van der Waals surface area (Å²) in [6.45, 7) is 3.43. The first-order valence-electron chi connectivity index (χ1n) is 6.93. The van der Waals surface area contributed by atoms with Gasteiger partial charge in [-0.05, 0) is 13.8 Å². The zero-order chi connectivity index (χ0) is 18.1. The summed E-state index contributed by atoms with van der Waals surface area (Å²) in [6, 6.07) is 3.76. The van der Waals surface area contributed by atoms with Crippen molar-refractivity contribution < 1.29 is 13.2 Å². The first-order valence-corrected chi connectivity index (χ1v) is 6.93. The third-order valence-electron chi connectivity index (χ3n) is 3.37. The lowest BCUT2D eigenvalue weighted by Gasteiger charge is -2.12. The second-order valence-electron chi connectivity index (χ2n) is 5.60. The molecular formula is C14H16F3N7. The lowest BCUT2D eigenvalue weighted by Crippen LogP contribution is -2.14. The molecule has 24 heavy (non-hydrogen) atoms. The average molecular weight is 339 g/mol. The molecule has 2 aromatic heterocycles. The lowest BCUT2D eigenvalue weighted by atomic mass is 9.92. The predicted octanol–water partition coefficient (Wildman–Crippen LogP) is 2.82. The van der Waals surface area contributed by atoms with Crippen LogP contribution in [0.5, 0.6) is 0 Å². The summed E-state index contributed by atoms with van der Waals surface area (Å²) < 4.78 is 40.0. The topological polar surface area (TPSA) is 91.5 Å². The second kappa shape index (κ2) is 5.99. The Bertz CT molecular complexity index is 787. The predicted molar refractivity (Wildman–Crippen MR) is 81.7 cm³/mol. The fraction of sp³-hybridized carbons (Fsp3) is 0.429. The van der Waals surface area contributed by atoms with Gasteiger partial charge in [0.2, 0.25) is 5.95 Å². The normalized spacial score (nSPS) is 11.9. The molecule has 0 atom stereocenters. The monoisotopic (exact) mass is 339 g/mol. The van der Waals surface area contributed by atoms with Crippen LogP contribution in [0.1, 0.15) is 25.1 Å². The van der Waals surface area contributed by atoms with E-state index in [1.807, 2.05) is 0 Å². The summed E-state index contributed by atoms with van der Waals surface area (Å²) >= 11 is 0. The van der Waals surface area contributed by atoms with Gasteiger partial charge >= 0.3 is 6.18 Å². The number of alkyl halides is 3. The van der Waals surface area contributed by atoms with Gasteiger partial charge in [-0.15, -0.1) is 0 Å². The Morgan fingerprint density at radius 2 is 1.96 bits per heavy atom. The van der Waals surface area contributed by atoms with E-state index in [-0.39, 0.29) is 11.8 Å². The van der Waals surface area contributed by atoms with Gasteiger partial charge < -0.3 is 10.6 Å². The van der Waals surface area contributed by atoms with Crippen molar-refractivity contribution in [3.63, 3.8) is 0 Å². The molecule has 0 aliphatic carbocycles. The summed E-state index contributed by atoms with van der Waals surface area (Å²) in [4.78, 5) is 7.52. The van der Waals surface area contributed by atoms with Crippen molar-refractivity contribution in [1.82, 2.24) is 19.7 Å². The number of halogens is 3. The Morgan fingerprint density at radius 3 is 2.50 bits per heavy atom. The molecule has 128 valence electrons. The highest BCUT2D eigenvalue weighted by atomic mass is 19.4. The van der Waals surface area contributed by atoms with Crippen molar-refractivity contribution in [2.24, 2.45) is 7.05 Å². The first kappa shape index (κ1) is 17.5. The van der Waals surface area contributed by atoms with Crippen LogP contribution in [0, 0.1) is 11.3 Å². The minimum absolute atomic E-state index is 0.0170. The molecule has 0 aliphatic rings. The minimum Gasteiger partial charge on any atom is -0.372 e. The molecule has 2 N–H and O–H groups in total. The molecule has 10 heteroatoms. The van der Waals surface area contributed by atoms with Gasteiger partial charge in [0.15, 0.2) is 0 Å². The largest absolute Gasteiger partial charge is 0.421 e. The number of aromatic nitrogens is 4. The van der Waals surface area contributed by atoms with Crippen molar-refractivity contribution in [3.8, 4) is 6.07 Å². The van der Waals surface area contributed by atoms with Gasteiger partial charge in [-0.3, -0.25) is 4.68 Å². The van der Waals surface area contributed by atoms with Crippen molar-refractivity contribution in [2.45, 2.75) is 25.4 Å². The molecule has 0 aromatic carbocycles. The lowest BCUT2D eigenvalue weighted by molar-refractivity contribution is -0.137. The van der Waals surface area contributed by atoms with Crippen LogP contribution >= 0.6 is 0 Å². The molecule has 2 rings (SSSR count). The molecule has 0 aliphatic heterocycles. The molecule has 0 saturated carbocycles. The Morgan fingerprint density at radius 1 is 1.29 bits per heavy atom. The van der Waals surface area contributed by atoms with E-state index in [0.717, 1.165) is 0 Å². The van der Waals surface area contributed by atoms with E-state index < -0.39 is 17.2 Å². The van der Waals surface area contributed by atoms with Crippen molar-refractivity contribution >= 4 is 17.6 Å². The molecule has 0 saturated heterocycles. The van der Waals surface area contributed by atoms with Crippen LogP contribution in [0.25, 0.3) is 0 Å². The molecular weight excluding hydrogens is 323 g/mol. The number of aryl methyl sites for hydroxylation is 1. The zero-order valence-electron chi connectivity index (χ0n) is 13.5. The zero-order valence-corrected chi connectivity index (χ0v) is 13.5. The number of hydrogen-bond acceptors (Lipinski definition) is 6. The first-order chi connectivity index (χ1) is 11.1. The quantitative estimate of drug-likeness (QED) is 0.890. The van der Waals surface area contributed by atoms with Crippen LogP contribution in [0.15, 0.2) is 12.3 Å². The van der Waals surface area contributed by atoms with Gasteiger partial charge in [-0.1, -0.05) is 0 Å². The Kier molecular flexibility index (Phi) is 4.38. The number of anilines is 3. The Balaban J connectivity index is 2.35. The van der Waals surface area contributed by atoms with E-state index in [9.17, 15) is 13.2 Å². The van der Waals surface area contributed by atoms with Crippen LogP contribution in [0.4, 0.5) is 30.8 Å². The minimum atomic E-state index is -4.55. The molecule has 0 unspecified atom stereocenters. The Labute approximate surface area is 136 Å². The summed E-state index contributed by atoms with van der Waals surface area (Å²) in [6.07, 6.45) is -3.84. The van der Waals surface area contributed by atoms with Gasteiger partial charge in [0.25, 0.3) is 0 Å². The van der Waals surface area contributed by atoms with Crippen LogP contribution in [0.2, 0.25) is 0 Å². The molecule has 0 radical (unpaired) electrons. The number of nitriles is 1. The van der Waals surface area contributed by atoms with E-state index in [2.05, 4.69) is 31.8 Å². The highest BCUT2D eigenvalue weighted by Crippen LogP contribution is 2.34. The fourth-order valence-electron chi connectivity index (χ4n) is 1.90. The number of hydrogen-bond donors (Lipinski definition) is 2. The SMILES string of the molecule is CNc1nc(Nc2cc(C(C)(C)C#N)nn2C)ncc1C(F)(F)F. The number of rotatable bonds is 4. The van der Waals surface area contributed by atoms with Gasteiger partial charge in [0.05, 0.1) is 17.2 Å². The van der Waals surface area contributed by atoms with Gasteiger partial charge in [-0.25, -0.2) is 4.98 Å². The maximum Gasteiger partial charge on any atom is 0.421 e. The van der Waals surface area contributed by atoms with Crippen molar-refractivity contribution in [3.05, 3.63) is 23.5 Å². The van der Waals surface area contributed by atoms with E-state index in [1.54, 1.807) is 27.0 Å². The highest BCUT2D eigenvalue weighted by molar-refractivity contribution is 5.54. The van der Waals surface area contributed by atoms with Crippen LogP contribution in [-0.4, -0.2) is 26.8 Å². The maximum absolute atomic E-state index is 12.8. The standard InChI is InChI=1S/C14H16F3N7/c1-13(2,7-18)9-5-10(24(4)23-9)21-12-20-6-8(14(15,16)17)11(19-3)22-12/h5-6H,1-4H3,(H2,19,20,21,22). The summed E-state index contributed by atoms with van der Waals surface area (Å²) in [7, 11) is 2.99. The second-order valence-corrected chi connectivity index (χ2v) is 5.60. The summed E-state index contributed by atoms with van der Waals surface area (Å²) in [5.41, 5.74) is -1.22. The summed E-state index contributed by atoms with van der Waals surface area (Å²) in [5.74, 6) is 0.103. The van der Waals surface area contributed by atoms with E-state index in [1.165, 1.54) is 11.7 Å². The van der Waals surface area contributed by atoms with E-state index in [0.29, 0.717) is 17.7 Å². The Hall–Kier alpha value is -2.83. The molecule has 2 aromatic rings. The smallest absolute Gasteiger partial charge is 0.372 e. The number of nitrogens with one attached hydrogen (secondary N) is 2. The third-order valence-corrected chi connectivity index (χ3v) is 3.37. The molecule has 7 nitrogen and oxygen atoms in total. The van der Waals surface area contributed by atoms with Crippen molar-refractivity contribution in [1.29, 1.82) is 5.26 Å². The molecule has 0 amide bonds. The van der Waals surface area contributed by atoms with Crippen LogP contribution in [-0.2, 0) is 18.6 Å². The van der Waals surface area contributed by atoms with Gasteiger partial charge in [0.1, 0.15) is 17.2 Å². The van der Waals surface area contributed by atoms with Crippen LogP contribution < -0.4 is 10.6 Å². The molecule has 0 spiro atoms. The van der Waals surface area contributed by atoms with Gasteiger partial charge in [-0.2, -0.15) is 28.5 Å². The molecule has 0 bridgehead atoms. The maximum atomic E-state index is 12.8. The number of nitrogens with zero attached hydrogens (tertiary/aromatic N) is 5. The van der Waals surface area contributed by atoms with Gasteiger partial charge in [0, 0.05) is 26.4 Å². The average Bonchev–Trinajstić information content (AvgIpc) is 2.88. The summed E-state index contributed by atoms with van der Waals surface area (Å²) in [5, 5.41) is 18.6. The van der Waals surface area contributed by atoms with E-state index >= 15 is 0 Å². The van der Waals surface area contributed by atoms with Crippen molar-refractivity contribution in [2.75, 3.05) is 17.7 Å². The highest BCUT2D eigenvalue weighted by Gasteiger charge is 2.35. The third kappa shape index (κ3) is 3.40. The molecule has 0 fully saturated rings. The molecule has 2 heterocycles. The van der Waals surface area contributed by atoms with E-state index in [4.69, 9.17) is 5.26 Å². The fourth-order valence-corrected chi connectivity index (χ4v) is 1.90. The van der Waals surface area contributed by atoms with Crippen LogP contribution in [0.3, 0.4) is 0 Å².